The van der Waals surface area contributed by atoms with Crippen LogP contribution in [0.15, 0.2) is 29.4 Å². The van der Waals surface area contributed by atoms with E-state index in [1.165, 1.54) is 11.3 Å². The molecule has 0 saturated heterocycles. The van der Waals surface area contributed by atoms with Gasteiger partial charge in [-0.1, -0.05) is 17.7 Å². The van der Waals surface area contributed by atoms with Crippen molar-refractivity contribution in [2.45, 2.75) is 51.7 Å². The van der Waals surface area contributed by atoms with Crippen molar-refractivity contribution >= 4 is 17.6 Å². The van der Waals surface area contributed by atoms with Crippen LogP contribution < -0.4 is 15.4 Å². The van der Waals surface area contributed by atoms with Gasteiger partial charge in [0.15, 0.2) is 5.96 Å². The number of aliphatic imine (C=N–C) groups is 1. The number of aryl methyl sites for hydroxylation is 1. The Morgan fingerprint density at radius 1 is 1.44 bits per heavy atom. The molecular weight excluding hydrogens is 362 g/mol. The molecule has 2 N–H and O–H groups in total. The summed E-state index contributed by atoms with van der Waals surface area (Å²) in [6, 6.07) is 6.37. The summed E-state index contributed by atoms with van der Waals surface area (Å²) < 4.78 is 7.47. The normalized spacial score (nSPS) is 17.0. The van der Waals surface area contributed by atoms with Crippen molar-refractivity contribution in [2.24, 2.45) is 4.99 Å². The first-order valence-corrected chi connectivity index (χ1v) is 9.74. The Labute approximate surface area is 166 Å². The minimum absolute atomic E-state index is 0.325. The number of nitrogens with one attached hydrogen (secondary N) is 2. The molecule has 1 unspecified atom stereocenters. The molecule has 1 aliphatic carbocycles. The van der Waals surface area contributed by atoms with Crippen LogP contribution in [0, 0.1) is 0 Å². The third kappa shape index (κ3) is 4.75. The molecule has 2 aromatic rings. The lowest BCUT2D eigenvalue weighted by molar-refractivity contribution is 0.409. The van der Waals surface area contributed by atoms with Crippen LogP contribution in [0.25, 0.3) is 0 Å². The van der Waals surface area contributed by atoms with Gasteiger partial charge in [0, 0.05) is 48.9 Å². The summed E-state index contributed by atoms with van der Waals surface area (Å²) in [5.41, 5.74) is 3.60. The van der Waals surface area contributed by atoms with E-state index in [1.807, 2.05) is 18.2 Å². The van der Waals surface area contributed by atoms with Crippen LogP contribution in [0.3, 0.4) is 0 Å². The molecule has 146 valence electrons. The summed E-state index contributed by atoms with van der Waals surface area (Å²) in [5, 5.41) is 12.3. The SMILES string of the molecule is CN=C(NCc1ccc(Cl)cc1OC)NC1CCc2cn(C(C)C)nc2C1. The van der Waals surface area contributed by atoms with Gasteiger partial charge in [0.05, 0.1) is 12.8 Å². The van der Waals surface area contributed by atoms with Crippen molar-refractivity contribution in [2.75, 3.05) is 14.2 Å². The van der Waals surface area contributed by atoms with E-state index < -0.39 is 0 Å². The lowest BCUT2D eigenvalue weighted by atomic mass is 9.94. The minimum atomic E-state index is 0.325. The number of rotatable bonds is 5. The quantitative estimate of drug-likeness (QED) is 0.608. The molecule has 27 heavy (non-hydrogen) atoms. The van der Waals surface area contributed by atoms with Gasteiger partial charge >= 0.3 is 0 Å². The Morgan fingerprint density at radius 2 is 2.26 bits per heavy atom. The van der Waals surface area contributed by atoms with E-state index in [0.29, 0.717) is 23.7 Å². The Morgan fingerprint density at radius 3 is 2.96 bits per heavy atom. The van der Waals surface area contributed by atoms with Crippen LogP contribution in [0.1, 0.15) is 43.1 Å². The van der Waals surface area contributed by atoms with E-state index in [9.17, 15) is 0 Å². The summed E-state index contributed by atoms with van der Waals surface area (Å²) in [7, 11) is 3.44. The number of fused-ring (bicyclic) bond motifs is 1. The van der Waals surface area contributed by atoms with Crippen LogP contribution in [0.5, 0.6) is 5.75 Å². The third-order valence-corrected chi connectivity index (χ3v) is 5.12. The zero-order chi connectivity index (χ0) is 19.4. The number of ether oxygens (including phenoxy) is 1. The van der Waals surface area contributed by atoms with E-state index in [-0.39, 0.29) is 0 Å². The molecule has 1 atom stereocenters. The van der Waals surface area contributed by atoms with Gasteiger partial charge in [0.25, 0.3) is 0 Å². The fraction of sp³-hybridized carbons (Fsp3) is 0.500. The van der Waals surface area contributed by atoms with Crippen molar-refractivity contribution in [1.82, 2.24) is 20.4 Å². The zero-order valence-corrected chi connectivity index (χ0v) is 17.2. The van der Waals surface area contributed by atoms with E-state index >= 15 is 0 Å². The Bertz CT molecular complexity index is 815. The molecular formula is C20H28ClN5O. The molecule has 0 spiro atoms. The van der Waals surface area contributed by atoms with Gasteiger partial charge < -0.3 is 15.4 Å². The molecule has 0 amide bonds. The summed E-state index contributed by atoms with van der Waals surface area (Å²) in [5.74, 6) is 1.55. The topological polar surface area (TPSA) is 63.5 Å². The van der Waals surface area contributed by atoms with Crippen molar-refractivity contribution in [1.29, 1.82) is 0 Å². The monoisotopic (exact) mass is 389 g/mol. The van der Waals surface area contributed by atoms with Gasteiger partial charge in [-0.25, -0.2) is 0 Å². The Kier molecular flexibility index (Phi) is 6.26. The maximum atomic E-state index is 6.03. The highest BCUT2D eigenvalue weighted by Gasteiger charge is 2.23. The molecule has 0 radical (unpaired) electrons. The molecule has 1 aromatic carbocycles. The van der Waals surface area contributed by atoms with Crippen molar-refractivity contribution < 1.29 is 4.74 Å². The van der Waals surface area contributed by atoms with Crippen molar-refractivity contribution in [3.63, 3.8) is 0 Å². The summed E-state index contributed by atoms with van der Waals surface area (Å²) in [4.78, 5) is 4.36. The number of aromatic nitrogens is 2. The van der Waals surface area contributed by atoms with Gasteiger partial charge in [-0.2, -0.15) is 5.10 Å². The largest absolute Gasteiger partial charge is 0.496 e. The van der Waals surface area contributed by atoms with Crippen molar-refractivity contribution in [3.8, 4) is 5.75 Å². The number of methoxy groups -OCH3 is 1. The highest BCUT2D eigenvalue weighted by molar-refractivity contribution is 6.30. The van der Waals surface area contributed by atoms with Gasteiger partial charge in [-0.3, -0.25) is 9.67 Å². The third-order valence-electron chi connectivity index (χ3n) is 4.89. The van der Waals surface area contributed by atoms with Crippen LogP contribution in [0.2, 0.25) is 5.02 Å². The first-order chi connectivity index (χ1) is 13.0. The fourth-order valence-electron chi connectivity index (χ4n) is 3.33. The Hall–Kier alpha value is -2.21. The van der Waals surface area contributed by atoms with Gasteiger partial charge in [0.2, 0.25) is 0 Å². The average molecular weight is 390 g/mol. The van der Waals surface area contributed by atoms with Gasteiger partial charge in [-0.05, 0) is 44.4 Å². The molecule has 0 aliphatic heterocycles. The lowest BCUT2D eigenvalue weighted by Crippen LogP contribution is -2.45. The summed E-state index contributed by atoms with van der Waals surface area (Å²) >= 11 is 6.03. The first kappa shape index (κ1) is 19.5. The van der Waals surface area contributed by atoms with Crippen LogP contribution in [-0.2, 0) is 19.4 Å². The fourth-order valence-corrected chi connectivity index (χ4v) is 3.49. The molecule has 0 saturated carbocycles. The number of guanidine groups is 1. The number of hydrogen-bond donors (Lipinski definition) is 2. The molecule has 0 fully saturated rings. The molecule has 0 bridgehead atoms. The van der Waals surface area contributed by atoms with E-state index in [0.717, 1.165) is 36.5 Å². The number of hydrogen-bond acceptors (Lipinski definition) is 3. The Balaban J connectivity index is 1.59. The van der Waals surface area contributed by atoms with Gasteiger partial charge in [-0.15, -0.1) is 0 Å². The van der Waals surface area contributed by atoms with E-state index in [4.69, 9.17) is 21.4 Å². The highest BCUT2D eigenvalue weighted by atomic mass is 35.5. The second kappa shape index (κ2) is 8.65. The summed E-state index contributed by atoms with van der Waals surface area (Å²) in [6.07, 6.45) is 5.22. The number of halogens is 1. The molecule has 7 heteroatoms. The molecule has 1 aromatic heterocycles. The number of nitrogens with zero attached hydrogens (tertiary/aromatic N) is 3. The van der Waals surface area contributed by atoms with E-state index in [2.05, 4.69) is 40.4 Å². The predicted octanol–water partition coefficient (Wildman–Crippen LogP) is 3.35. The average Bonchev–Trinajstić information content (AvgIpc) is 3.09. The number of benzene rings is 1. The van der Waals surface area contributed by atoms with Crippen molar-refractivity contribution in [3.05, 3.63) is 46.2 Å². The van der Waals surface area contributed by atoms with Crippen LogP contribution in [0.4, 0.5) is 0 Å². The van der Waals surface area contributed by atoms with Gasteiger partial charge in [0.1, 0.15) is 5.75 Å². The minimum Gasteiger partial charge on any atom is -0.496 e. The van der Waals surface area contributed by atoms with Crippen LogP contribution >= 0.6 is 11.6 Å². The second-order valence-electron chi connectivity index (χ2n) is 7.14. The smallest absolute Gasteiger partial charge is 0.191 e. The highest BCUT2D eigenvalue weighted by Crippen LogP contribution is 2.23. The van der Waals surface area contributed by atoms with E-state index in [1.54, 1.807) is 14.2 Å². The molecule has 1 heterocycles. The predicted molar refractivity (Wildman–Crippen MR) is 110 cm³/mol. The molecule has 6 nitrogen and oxygen atoms in total. The maximum Gasteiger partial charge on any atom is 0.191 e. The lowest BCUT2D eigenvalue weighted by Gasteiger charge is -2.24. The zero-order valence-electron chi connectivity index (χ0n) is 16.4. The van der Waals surface area contributed by atoms with Crippen LogP contribution in [-0.4, -0.2) is 35.9 Å². The summed E-state index contributed by atoms with van der Waals surface area (Å²) in [6.45, 7) is 4.93. The standard InChI is InChI=1S/C20H28ClN5O/c1-13(2)26-12-15-6-8-17(10-18(15)25-26)24-20(22-3)23-11-14-5-7-16(21)9-19(14)27-4/h5,7,9,12-13,17H,6,8,10-11H2,1-4H3,(H2,22,23,24). The maximum absolute atomic E-state index is 6.03. The molecule has 1 aliphatic rings. The second-order valence-corrected chi connectivity index (χ2v) is 7.58. The molecule has 3 rings (SSSR count). The first-order valence-electron chi connectivity index (χ1n) is 9.36.